The van der Waals surface area contributed by atoms with Gasteiger partial charge in [-0.15, -0.1) is 0 Å². The monoisotopic (exact) mass is 274 g/mol. The van der Waals surface area contributed by atoms with Crippen molar-refractivity contribution in [2.75, 3.05) is 0 Å². The first kappa shape index (κ1) is 13.3. The maximum absolute atomic E-state index is 11.3. The lowest BCUT2D eigenvalue weighted by Gasteiger charge is -2.00. The number of hydrogen-bond donors (Lipinski definition) is 0. The number of carbonyl (C=O) groups is 1. The molecule has 0 unspecified atom stereocenters. The summed E-state index contributed by atoms with van der Waals surface area (Å²) in [7, 11) is 0. The van der Waals surface area contributed by atoms with Crippen LogP contribution in [0.5, 0.6) is 0 Å². The summed E-state index contributed by atoms with van der Waals surface area (Å²) in [6, 6.07) is 9.47. The van der Waals surface area contributed by atoms with Gasteiger partial charge in [-0.05, 0) is 23.8 Å². The Morgan fingerprint density at radius 1 is 1.06 bits per heavy atom. The highest BCUT2D eigenvalue weighted by atomic mass is 35.6. The highest BCUT2D eigenvalue weighted by molar-refractivity contribution is 6.69. The van der Waals surface area contributed by atoms with E-state index in [1.807, 2.05) is 30.3 Å². The van der Waals surface area contributed by atoms with Crippen molar-refractivity contribution in [3.63, 3.8) is 0 Å². The Kier molecular flexibility index (Phi) is 5.07. The maximum Gasteiger partial charge on any atom is 0.209 e. The van der Waals surface area contributed by atoms with Crippen LogP contribution in [0.2, 0.25) is 0 Å². The fraction of sp³-hybridized carbons (Fsp3) is 0.0833. The fourth-order valence-corrected chi connectivity index (χ4v) is 1.16. The van der Waals surface area contributed by atoms with Crippen LogP contribution in [0, 0.1) is 0 Å². The first-order chi connectivity index (χ1) is 7.47. The first-order valence-corrected chi connectivity index (χ1v) is 5.64. The number of benzene rings is 1. The van der Waals surface area contributed by atoms with Gasteiger partial charge in [0.1, 0.15) is 0 Å². The van der Waals surface area contributed by atoms with Crippen molar-refractivity contribution in [1.82, 2.24) is 0 Å². The summed E-state index contributed by atoms with van der Waals surface area (Å²) < 4.78 is -1.53. The molecule has 0 radical (unpaired) electrons. The number of hydrogen-bond acceptors (Lipinski definition) is 1. The van der Waals surface area contributed by atoms with Gasteiger partial charge in [-0.1, -0.05) is 71.2 Å². The molecule has 1 aromatic carbocycles. The summed E-state index contributed by atoms with van der Waals surface area (Å²) >= 11 is 16.4. The van der Waals surface area contributed by atoms with E-state index in [-0.39, 0.29) is 5.78 Å². The number of alkyl halides is 3. The van der Waals surface area contributed by atoms with E-state index in [1.165, 1.54) is 18.2 Å². The van der Waals surface area contributed by atoms with E-state index in [2.05, 4.69) is 0 Å². The van der Waals surface area contributed by atoms with E-state index in [1.54, 1.807) is 6.08 Å². The SMILES string of the molecule is O=C(/C=C/c1ccccc1)/C=C/C(Cl)(Cl)Cl. The minimum atomic E-state index is -1.53. The second-order valence-electron chi connectivity index (χ2n) is 3.02. The molecule has 84 valence electrons. The van der Waals surface area contributed by atoms with Crippen LogP contribution in [-0.2, 0) is 4.79 Å². The molecule has 16 heavy (non-hydrogen) atoms. The van der Waals surface area contributed by atoms with Crippen LogP contribution in [0.3, 0.4) is 0 Å². The average Bonchev–Trinajstić information content (AvgIpc) is 2.24. The Hall–Kier alpha value is -0.760. The van der Waals surface area contributed by atoms with E-state index < -0.39 is 3.79 Å². The molecule has 1 nitrogen and oxygen atoms in total. The van der Waals surface area contributed by atoms with Crippen molar-refractivity contribution < 1.29 is 4.79 Å². The molecule has 0 saturated carbocycles. The van der Waals surface area contributed by atoms with E-state index in [0.29, 0.717) is 0 Å². The van der Waals surface area contributed by atoms with Gasteiger partial charge in [0.15, 0.2) is 5.78 Å². The number of halogens is 3. The van der Waals surface area contributed by atoms with Gasteiger partial charge in [-0.25, -0.2) is 0 Å². The second-order valence-corrected chi connectivity index (χ2v) is 5.39. The molecule has 0 spiro atoms. The molecule has 1 rings (SSSR count). The zero-order chi connectivity index (χ0) is 12.0. The molecule has 0 heterocycles. The largest absolute Gasteiger partial charge is 0.290 e. The Morgan fingerprint density at radius 2 is 1.69 bits per heavy atom. The standard InChI is InChI=1S/C12H9Cl3O/c13-12(14,15)9-8-11(16)7-6-10-4-2-1-3-5-10/h1-9H/b7-6+,9-8+. The van der Waals surface area contributed by atoms with Gasteiger partial charge >= 0.3 is 0 Å². The molecular formula is C12H9Cl3O. The lowest BCUT2D eigenvalue weighted by molar-refractivity contribution is -0.110. The number of rotatable bonds is 3. The van der Waals surface area contributed by atoms with Crippen LogP contribution >= 0.6 is 34.8 Å². The Morgan fingerprint density at radius 3 is 2.25 bits per heavy atom. The molecule has 0 aliphatic rings. The minimum Gasteiger partial charge on any atom is -0.290 e. The normalized spacial score (nSPS) is 12.4. The van der Waals surface area contributed by atoms with Crippen molar-refractivity contribution in [2.24, 2.45) is 0 Å². The third-order valence-corrected chi connectivity index (χ3v) is 2.05. The van der Waals surface area contributed by atoms with E-state index in [0.717, 1.165) is 5.56 Å². The first-order valence-electron chi connectivity index (χ1n) is 4.50. The van der Waals surface area contributed by atoms with Gasteiger partial charge in [0.05, 0.1) is 0 Å². The highest BCUT2D eigenvalue weighted by Crippen LogP contribution is 2.27. The van der Waals surface area contributed by atoms with Crippen molar-refractivity contribution >= 4 is 46.7 Å². The zero-order valence-corrected chi connectivity index (χ0v) is 10.5. The summed E-state index contributed by atoms with van der Waals surface area (Å²) in [5.41, 5.74) is 0.943. The zero-order valence-electron chi connectivity index (χ0n) is 8.24. The molecule has 0 bridgehead atoms. The predicted molar refractivity (Wildman–Crippen MR) is 69.9 cm³/mol. The van der Waals surface area contributed by atoms with Crippen LogP contribution in [0.15, 0.2) is 48.6 Å². The van der Waals surface area contributed by atoms with Gasteiger partial charge < -0.3 is 0 Å². The van der Waals surface area contributed by atoms with Crippen LogP contribution in [0.1, 0.15) is 5.56 Å². The topological polar surface area (TPSA) is 17.1 Å². The lowest BCUT2D eigenvalue weighted by Crippen LogP contribution is -1.96. The quantitative estimate of drug-likeness (QED) is 0.597. The summed E-state index contributed by atoms with van der Waals surface area (Å²) in [5, 5.41) is 0. The number of carbonyl (C=O) groups excluding carboxylic acids is 1. The van der Waals surface area contributed by atoms with Gasteiger partial charge in [0, 0.05) is 0 Å². The maximum atomic E-state index is 11.3. The van der Waals surface area contributed by atoms with E-state index in [4.69, 9.17) is 34.8 Å². The summed E-state index contributed by atoms with van der Waals surface area (Å²) in [6.07, 6.45) is 5.56. The molecule has 0 saturated heterocycles. The van der Waals surface area contributed by atoms with Gasteiger partial charge in [0.25, 0.3) is 0 Å². The molecule has 0 N–H and O–H groups in total. The Labute approximate surface area is 109 Å². The van der Waals surface area contributed by atoms with Crippen molar-refractivity contribution in [3.05, 3.63) is 54.1 Å². The molecule has 1 aromatic rings. The van der Waals surface area contributed by atoms with Crippen molar-refractivity contribution in [1.29, 1.82) is 0 Å². The average molecular weight is 276 g/mol. The van der Waals surface area contributed by atoms with Crippen molar-refractivity contribution in [3.8, 4) is 0 Å². The van der Waals surface area contributed by atoms with E-state index in [9.17, 15) is 4.79 Å². The molecule has 0 fully saturated rings. The number of ketones is 1. The van der Waals surface area contributed by atoms with Gasteiger partial charge in [0.2, 0.25) is 3.79 Å². The highest BCUT2D eigenvalue weighted by Gasteiger charge is 2.13. The molecule has 0 atom stereocenters. The third-order valence-electron chi connectivity index (χ3n) is 1.68. The summed E-state index contributed by atoms with van der Waals surface area (Å²) in [5.74, 6) is -0.227. The van der Waals surface area contributed by atoms with Crippen molar-refractivity contribution in [2.45, 2.75) is 3.79 Å². The van der Waals surface area contributed by atoms with Crippen LogP contribution < -0.4 is 0 Å². The Balaban J connectivity index is 2.59. The predicted octanol–water partition coefficient (Wildman–Crippen LogP) is 4.20. The van der Waals surface area contributed by atoms with Crippen LogP contribution in [-0.4, -0.2) is 9.58 Å². The van der Waals surface area contributed by atoms with Gasteiger partial charge in [-0.3, -0.25) is 4.79 Å². The molecule has 0 aromatic heterocycles. The lowest BCUT2D eigenvalue weighted by atomic mass is 10.2. The van der Waals surface area contributed by atoms with Crippen LogP contribution in [0.25, 0.3) is 6.08 Å². The summed E-state index contributed by atoms with van der Waals surface area (Å²) in [6.45, 7) is 0. The smallest absolute Gasteiger partial charge is 0.209 e. The molecule has 0 aliphatic heterocycles. The molecular weight excluding hydrogens is 266 g/mol. The molecule has 0 aliphatic carbocycles. The molecule has 0 amide bonds. The van der Waals surface area contributed by atoms with E-state index >= 15 is 0 Å². The second kappa shape index (κ2) is 6.09. The third kappa shape index (κ3) is 5.96. The molecule has 4 heteroatoms. The van der Waals surface area contributed by atoms with Crippen LogP contribution in [0.4, 0.5) is 0 Å². The summed E-state index contributed by atoms with van der Waals surface area (Å²) in [4.78, 5) is 11.3. The number of allylic oxidation sites excluding steroid dienone is 3. The van der Waals surface area contributed by atoms with Gasteiger partial charge in [-0.2, -0.15) is 0 Å². The fourth-order valence-electron chi connectivity index (χ4n) is 0.975. The minimum absolute atomic E-state index is 0.227. The Bertz CT molecular complexity index is 402.